The van der Waals surface area contributed by atoms with Gasteiger partial charge in [0.1, 0.15) is 0 Å². The second-order valence-corrected chi connectivity index (χ2v) is 3.87. The van der Waals surface area contributed by atoms with Gasteiger partial charge in [-0.05, 0) is 6.92 Å². The number of aryl methyl sites for hydroxylation is 1. The van der Waals surface area contributed by atoms with Gasteiger partial charge in [-0.3, -0.25) is 0 Å². The van der Waals surface area contributed by atoms with Crippen molar-refractivity contribution in [1.29, 1.82) is 0 Å². The molecule has 3 heterocycles. The molecule has 3 aromatic rings. The molecule has 3 aromatic heterocycles. The zero-order valence-electron chi connectivity index (χ0n) is 10.2. The van der Waals surface area contributed by atoms with Gasteiger partial charge in [-0.25, -0.2) is 15.8 Å². The van der Waals surface area contributed by atoms with E-state index in [4.69, 9.17) is 10.4 Å². The minimum absolute atomic E-state index is 0.365. The summed E-state index contributed by atoms with van der Waals surface area (Å²) in [5, 5.41) is 6.81. The molecule has 0 aromatic carbocycles. The van der Waals surface area contributed by atoms with Crippen LogP contribution in [0.4, 0.5) is 11.6 Å². The van der Waals surface area contributed by atoms with Gasteiger partial charge in [0.25, 0.3) is 0 Å². The normalized spacial score (nSPS) is 10.8. The second-order valence-electron chi connectivity index (χ2n) is 3.87. The molecule has 0 saturated heterocycles. The van der Waals surface area contributed by atoms with Crippen molar-refractivity contribution in [3.05, 3.63) is 30.3 Å². The van der Waals surface area contributed by atoms with E-state index in [1.807, 2.05) is 4.40 Å². The number of anilines is 2. The van der Waals surface area contributed by atoms with E-state index < -0.39 is 0 Å². The average molecular weight is 260 g/mol. The van der Waals surface area contributed by atoms with Crippen LogP contribution in [0.3, 0.4) is 0 Å². The fourth-order valence-electron chi connectivity index (χ4n) is 1.69. The monoisotopic (exact) mass is 260 g/mol. The largest absolute Gasteiger partial charge is 0.358 e. The molecule has 0 saturated carbocycles. The molecule has 0 spiro atoms. The van der Waals surface area contributed by atoms with Crippen molar-refractivity contribution < 1.29 is 4.52 Å². The van der Waals surface area contributed by atoms with E-state index in [0.29, 0.717) is 35.5 Å². The molecule has 98 valence electrons. The Morgan fingerprint density at radius 2 is 2.32 bits per heavy atom. The molecule has 4 N–H and O–H groups in total. The fourth-order valence-corrected chi connectivity index (χ4v) is 1.69. The van der Waals surface area contributed by atoms with Crippen LogP contribution in [-0.2, 0) is 6.54 Å². The number of nitrogen functional groups attached to an aromatic ring is 1. The lowest BCUT2D eigenvalue weighted by atomic mass is 10.5. The third kappa shape index (κ3) is 2.18. The summed E-state index contributed by atoms with van der Waals surface area (Å²) in [6.07, 6.45) is 5.23. The molecule has 9 heteroatoms. The number of aromatic nitrogens is 5. The molecule has 0 amide bonds. The number of hydrazine groups is 1. The highest BCUT2D eigenvalue weighted by molar-refractivity contribution is 5.65. The summed E-state index contributed by atoms with van der Waals surface area (Å²) in [4.78, 5) is 12.6. The van der Waals surface area contributed by atoms with Gasteiger partial charge >= 0.3 is 0 Å². The van der Waals surface area contributed by atoms with Crippen molar-refractivity contribution in [2.75, 3.05) is 10.7 Å². The topological polar surface area (TPSA) is 119 Å². The predicted octanol–water partition coefficient (Wildman–Crippen LogP) is 0.318. The van der Waals surface area contributed by atoms with E-state index >= 15 is 0 Å². The van der Waals surface area contributed by atoms with Crippen LogP contribution in [0.15, 0.2) is 23.1 Å². The first-order valence-corrected chi connectivity index (χ1v) is 5.59. The Balaban J connectivity index is 1.88. The number of rotatable bonds is 4. The quantitative estimate of drug-likeness (QED) is 0.453. The summed E-state index contributed by atoms with van der Waals surface area (Å²) in [5.74, 6) is 7.55. The fraction of sp³-hybridized carbons (Fsp3) is 0.200. The summed E-state index contributed by atoms with van der Waals surface area (Å²) < 4.78 is 6.83. The first-order valence-electron chi connectivity index (χ1n) is 5.59. The Morgan fingerprint density at radius 3 is 3.05 bits per heavy atom. The number of nitrogens with two attached hydrogens (primary N) is 1. The number of imidazole rings is 1. The highest BCUT2D eigenvalue weighted by atomic mass is 16.5. The van der Waals surface area contributed by atoms with Crippen molar-refractivity contribution >= 4 is 17.3 Å². The van der Waals surface area contributed by atoms with Crippen LogP contribution in [0, 0.1) is 6.92 Å². The summed E-state index contributed by atoms with van der Waals surface area (Å²) in [6, 6.07) is 0. The zero-order chi connectivity index (χ0) is 13.2. The SMILES string of the molecule is Cc1noc(CNc2nc(NN)cn3ccnc23)n1. The van der Waals surface area contributed by atoms with Crippen LogP contribution < -0.4 is 16.6 Å². The standard InChI is InChI=1S/C10H12N8O/c1-6-14-8(19-17-6)4-13-9-10-12-2-3-18(10)5-7(15-9)16-11/h2-3,5,16H,4,11H2,1H3,(H,13,15). The Bertz CT molecular complexity index is 702. The number of hydrogen-bond donors (Lipinski definition) is 3. The van der Waals surface area contributed by atoms with Crippen LogP contribution in [0.25, 0.3) is 5.65 Å². The summed E-state index contributed by atoms with van der Waals surface area (Å²) in [5.41, 5.74) is 3.19. The van der Waals surface area contributed by atoms with E-state index in [1.165, 1.54) is 0 Å². The molecule has 0 unspecified atom stereocenters. The van der Waals surface area contributed by atoms with Gasteiger partial charge in [0.15, 0.2) is 23.1 Å². The lowest BCUT2D eigenvalue weighted by Gasteiger charge is -2.07. The van der Waals surface area contributed by atoms with Crippen LogP contribution in [0.1, 0.15) is 11.7 Å². The van der Waals surface area contributed by atoms with Gasteiger partial charge in [-0.2, -0.15) is 4.98 Å². The molecule has 19 heavy (non-hydrogen) atoms. The van der Waals surface area contributed by atoms with Gasteiger partial charge in [0, 0.05) is 12.4 Å². The smallest absolute Gasteiger partial charge is 0.245 e. The van der Waals surface area contributed by atoms with Crippen molar-refractivity contribution in [2.45, 2.75) is 13.5 Å². The maximum absolute atomic E-state index is 5.37. The molecule has 0 aliphatic heterocycles. The van der Waals surface area contributed by atoms with E-state index in [0.717, 1.165) is 0 Å². The molecule has 0 radical (unpaired) electrons. The highest BCUT2D eigenvalue weighted by Crippen LogP contribution is 2.16. The van der Waals surface area contributed by atoms with E-state index in [-0.39, 0.29) is 0 Å². The third-order valence-electron chi connectivity index (χ3n) is 2.50. The number of nitrogens with zero attached hydrogens (tertiary/aromatic N) is 5. The van der Waals surface area contributed by atoms with Gasteiger partial charge in [-0.1, -0.05) is 5.16 Å². The summed E-state index contributed by atoms with van der Waals surface area (Å²) >= 11 is 0. The molecular weight excluding hydrogens is 248 g/mol. The maximum atomic E-state index is 5.37. The Kier molecular flexibility index (Phi) is 2.72. The molecule has 9 nitrogen and oxygen atoms in total. The van der Waals surface area contributed by atoms with E-state index in [2.05, 4.69) is 30.9 Å². The van der Waals surface area contributed by atoms with Crippen LogP contribution in [0.2, 0.25) is 0 Å². The predicted molar refractivity (Wildman–Crippen MR) is 67.2 cm³/mol. The zero-order valence-corrected chi connectivity index (χ0v) is 10.2. The number of fused-ring (bicyclic) bond motifs is 1. The minimum atomic E-state index is 0.365. The van der Waals surface area contributed by atoms with Crippen molar-refractivity contribution in [3.8, 4) is 0 Å². The Hall–Kier alpha value is -2.68. The van der Waals surface area contributed by atoms with Crippen LogP contribution in [0.5, 0.6) is 0 Å². The third-order valence-corrected chi connectivity index (χ3v) is 2.50. The number of hydrogen-bond acceptors (Lipinski definition) is 8. The van der Waals surface area contributed by atoms with Gasteiger partial charge in [0.05, 0.1) is 12.7 Å². The van der Waals surface area contributed by atoms with Crippen LogP contribution in [-0.4, -0.2) is 24.5 Å². The molecule has 0 aliphatic rings. The summed E-state index contributed by atoms with van der Waals surface area (Å²) in [7, 11) is 0. The lowest BCUT2D eigenvalue weighted by molar-refractivity contribution is 0.379. The van der Waals surface area contributed by atoms with Gasteiger partial charge < -0.3 is 19.7 Å². The highest BCUT2D eigenvalue weighted by Gasteiger charge is 2.09. The average Bonchev–Trinajstić information content (AvgIpc) is 3.04. The molecule has 0 aliphatic carbocycles. The molecule has 0 atom stereocenters. The molecular formula is C10H12N8O. The Labute approximate surface area is 107 Å². The molecule has 0 fully saturated rings. The van der Waals surface area contributed by atoms with E-state index in [1.54, 1.807) is 25.5 Å². The van der Waals surface area contributed by atoms with Crippen molar-refractivity contribution in [1.82, 2.24) is 24.5 Å². The van der Waals surface area contributed by atoms with Crippen molar-refractivity contribution in [2.24, 2.45) is 5.84 Å². The van der Waals surface area contributed by atoms with Gasteiger partial charge in [-0.15, -0.1) is 0 Å². The van der Waals surface area contributed by atoms with Crippen molar-refractivity contribution in [3.63, 3.8) is 0 Å². The minimum Gasteiger partial charge on any atom is -0.358 e. The van der Waals surface area contributed by atoms with Gasteiger partial charge in [0.2, 0.25) is 5.89 Å². The first kappa shape index (κ1) is 11.4. The molecule has 3 rings (SSSR count). The first-order chi connectivity index (χ1) is 9.26. The van der Waals surface area contributed by atoms with E-state index in [9.17, 15) is 0 Å². The van der Waals surface area contributed by atoms with Crippen LogP contribution >= 0.6 is 0 Å². The molecule has 0 bridgehead atoms. The lowest BCUT2D eigenvalue weighted by Crippen LogP contribution is -2.12. The number of nitrogens with one attached hydrogen (secondary N) is 2. The second kappa shape index (κ2) is 4.53. The maximum Gasteiger partial charge on any atom is 0.245 e. The summed E-state index contributed by atoms with van der Waals surface area (Å²) in [6.45, 7) is 2.13. The Morgan fingerprint density at radius 1 is 1.42 bits per heavy atom.